The van der Waals surface area contributed by atoms with E-state index in [0.717, 1.165) is 50.4 Å². The minimum absolute atomic E-state index is 0.0990. The molecule has 2 fully saturated rings. The summed E-state index contributed by atoms with van der Waals surface area (Å²) in [5, 5.41) is 2.79. The molecule has 4 heterocycles. The minimum Gasteiger partial charge on any atom is -0.465 e. The number of ether oxygens (including phenoxy) is 1. The highest BCUT2D eigenvalue weighted by Gasteiger charge is 2.42. The molecule has 26 heavy (non-hydrogen) atoms. The number of hydrogen-bond acceptors (Lipinski definition) is 6. The Kier molecular flexibility index (Phi) is 4.99. The van der Waals surface area contributed by atoms with E-state index in [9.17, 15) is 4.79 Å². The summed E-state index contributed by atoms with van der Waals surface area (Å²) < 4.78 is 11.9. The number of furan rings is 1. The molecule has 4 rings (SSSR count). The number of hydrogen-bond donors (Lipinski definition) is 1. The van der Waals surface area contributed by atoms with Gasteiger partial charge in [0.25, 0.3) is 5.91 Å². The lowest BCUT2D eigenvalue weighted by atomic mass is 9.91. The zero-order valence-electron chi connectivity index (χ0n) is 14.9. The molecule has 0 aliphatic carbocycles. The van der Waals surface area contributed by atoms with Gasteiger partial charge in [-0.3, -0.25) is 14.7 Å². The maximum Gasteiger partial charge on any atom is 0.254 e. The van der Waals surface area contributed by atoms with E-state index in [1.54, 1.807) is 12.4 Å². The number of piperidine rings is 1. The second kappa shape index (κ2) is 7.55. The third-order valence-corrected chi connectivity index (χ3v) is 5.19. The fourth-order valence-electron chi connectivity index (χ4n) is 3.79. The van der Waals surface area contributed by atoms with Crippen LogP contribution in [0.3, 0.4) is 0 Å². The summed E-state index contributed by atoms with van der Waals surface area (Å²) in [6.45, 7) is 4.72. The third-order valence-electron chi connectivity index (χ3n) is 5.19. The van der Waals surface area contributed by atoms with Crippen LogP contribution in [-0.2, 0) is 22.5 Å². The molecule has 7 nitrogen and oxygen atoms in total. The van der Waals surface area contributed by atoms with Crippen molar-refractivity contribution in [2.75, 3.05) is 18.4 Å². The van der Waals surface area contributed by atoms with E-state index in [1.807, 2.05) is 6.07 Å². The minimum atomic E-state index is -0.415. The van der Waals surface area contributed by atoms with Crippen molar-refractivity contribution in [3.05, 3.63) is 42.2 Å². The fraction of sp³-hybridized carbons (Fsp3) is 0.526. The largest absolute Gasteiger partial charge is 0.465 e. The van der Waals surface area contributed by atoms with Crippen LogP contribution < -0.4 is 5.32 Å². The van der Waals surface area contributed by atoms with Crippen LogP contribution in [0.5, 0.6) is 0 Å². The van der Waals surface area contributed by atoms with E-state index in [2.05, 4.69) is 33.2 Å². The van der Waals surface area contributed by atoms with Crippen molar-refractivity contribution < 1.29 is 13.9 Å². The standard InChI is InChI=1S/C19H24N4O3/c1-2-14-3-4-15(25-14)11-23-8-5-13-9-16(26-17(13)12-23)19(24)22-18-10-20-6-7-21-18/h3-4,6-7,10,13,16-17H,2,5,8-9,11-12H2,1H3,(H,21,22,24)/t13-,16-,17-/m1/s1. The second-order valence-corrected chi connectivity index (χ2v) is 6.98. The van der Waals surface area contributed by atoms with Gasteiger partial charge < -0.3 is 14.5 Å². The van der Waals surface area contributed by atoms with Crippen LogP contribution >= 0.6 is 0 Å². The van der Waals surface area contributed by atoms with Crippen LogP contribution in [-0.4, -0.2) is 46.1 Å². The molecule has 0 saturated carbocycles. The van der Waals surface area contributed by atoms with Gasteiger partial charge in [0.15, 0.2) is 5.82 Å². The summed E-state index contributed by atoms with van der Waals surface area (Å²) in [6, 6.07) is 4.10. The van der Waals surface area contributed by atoms with Crippen molar-refractivity contribution in [1.29, 1.82) is 0 Å². The maximum absolute atomic E-state index is 12.4. The summed E-state index contributed by atoms with van der Waals surface area (Å²) in [5.74, 6) is 2.78. The number of rotatable bonds is 5. The van der Waals surface area contributed by atoms with Gasteiger partial charge in [0, 0.05) is 25.4 Å². The number of carbonyl (C=O) groups excluding carboxylic acids is 1. The molecule has 2 aromatic rings. The van der Waals surface area contributed by atoms with Crippen LogP contribution in [0.4, 0.5) is 5.82 Å². The number of carbonyl (C=O) groups is 1. The predicted octanol–water partition coefficient (Wildman–Crippen LogP) is 2.25. The zero-order valence-corrected chi connectivity index (χ0v) is 14.9. The number of likely N-dealkylation sites (tertiary alicyclic amines) is 1. The predicted molar refractivity (Wildman–Crippen MR) is 95.4 cm³/mol. The average Bonchev–Trinajstić information content (AvgIpc) is 3.29. The summed E-state index contributed by atoms with van der Waals surface area (Å²) in [5.41, 5.74) is 0. The number of aryl methyl sites for hydroxylation is 1. The zero-order chi connectivity index (χ0) is 17.9. The monoisotopic (exact) mass is 356 g/mol. The molecular formula is C19H24N4O3. The van der Waals surface area contributed by atoms with Crippen molar-refractivity contribution >= 4 is 11.7 Å². The molecule has 1 N–H and O–H groups in total. The van der Waals surface area contributed by atoms with Gasteiger partial charge in [-0.15, -0.1) is 0 Å². The molecule has 0 spiro atoms. The number of anilines is 1. The molecule has 3 atom stereocenters. The molecule has 7 heteroatoms. The Balaban J connectivity index is 1.32. The van der Waals surface area contributed by atoms with E-state index in [0.29, 0.717) is 11.7 Å². The van der Waals surface area contributed by atoms with Gasteiger partial charge in [-0.25, -0.2) is 4.98 Å². The maximum atomic E-state index is 12.4. The highest BCUT2D eigenvalue weighted by molar-refractivity contribution is 5.93. The highest BCUT2D eigenvalue weighted by atomic mass is 16.5. The Morgan fingerprint density at radius 2 is 2.23 bits per heavy atom. The van der Waals surface area contributed by atoms with E-state index in [1.165, 1.54) is 6.20 Å². The van der Waals surface area contributed by atoms with E-state index >= 15 is 0 Å². The Bertz CT molecular complexity index is 748. The first kappa shape index (κ1) is 17.2. The SMILES string of the molecule is CCc1ccc(CN2CC[C@@H]3C[C@H](C(=O)Nc4cnccn4)O[C@@H]3C2)o1. The van der Waals surface area contributed by atoms with Crippen LogP contribution in [0.1, 0.15) is 31.3 Å². The van der Waals surface area contributed by atoms with E-state index < -0.39 is 6.10 Å². The van der Waals surface area contributed by atoms with Gasteiger partial charge in [-0.2, -0.15) is 0 Å². The third kappa shape index (κ3) is 3.78. The van der Waals surface area contributed by atoms with Crippen molar-refractivity contribution in [2.24, 2.45) is 5.92 Å². The summed E-state index contributed by atoms with van der Waals surface area (Å²) in [6.07, 6.45) is 7.08. The quantitative estimate of drug-likeness (QED) is 0.885. The van der Waals surface area contributed by atoms with Gasteiger partial charge in [0.05, 0.1) is 18.8 Å². The topological polar surface area (TPSA) is 80.5 Å². The number of aromatic nitrogens is 2. The van der Waals surface area contributed by atoms with Crippen molar-refractivity contribution in [3.8, 4) is 0 Å². The first-order chi connectivity index (χ1) is 12.7. The summed E-state index contributed by atoms with van der Waals surface area (Å²) in [4.78, 5) is 22.8. The van der Waals surface area contributed by atoms with Crippen molar-refractivity contribution in [3.63, 3.8) is 0 Å². The molecule has 2 aromatic heterocycles. The Morgan fingerprint density at radius 3 is 3.00 bits per heavy atom. The molecule has 2 aliphatic rings. The Labute approximate surface area is 152 Å². The van der Waals surface area contributed by atoms with Gasteiger partial charge in [0.1, 0.15) is 17.6 Å². The first-order valence-electron chi connectivity index (χ1n) is 9.23. The van der Waals surface area contributed by atoms with E-state index in [-0.39, 0.29) is 12.0 Å². The van der Waals surface area contributed by atoms with Gasteiger partial charge in [-0.05, 0) is 37.4 Å². The number of fused-ring (bicyclic) bond motifs is 1. The van der Waals surface area contributed by atoms with Crippen LogP contribution in [0.15, 0.2) is 35.1 Å². The molecule has 138 valence electrons. The molecule has 0 unspecified atom stereocenters. The lowest BCUT2D eigenvalue weighted by Crippen LogP contribution is -2.41. The van der Waals surface area contributed by atoms with Gasteiger partial charge in [-0.1, -0.05) is 6.92 Å². The Hall–Kier alpha value is -2.25. The van der Waals surface area contributed by atoms with Gasteiger partial charge in [0.2, 0.25) is 0 Å². The highest BCUT2D eigenvalue weighted by Crippen LogP contribution is 2.34. The molecular weight excluding hydrogens is 332 g/mol. The Morgan fingerprint density at radius 1 is 1.35 bits per heavy atom. The normalized spacial score (nSPS) is 25.8. The molecule has 0 aromatic carbocycles. The summed E-state index contributed by atoms with van der Waals surface area (Å²) >= 11 is 0. The van der Waals surface area contributed by atoms with Crippen molar-refractivity contribution in [2.45, 2.75) is 44.9 Å². The van der Waals surface area contributed by atoms with Gasteiger partial charge >= 0.3 is 0 Å². The number of amides is 1. The molecule has 0 radical (unpaired) electrons. The lowest BCUT2D eigenvalue weighted by molar-refractivity contribution is -0.127. The second-order valence-electron chi connectivity index (χ2n) is 6.98. The molecule has 2 saturated heterocycles. The van der Waals surface area contributed by atoms with Crippen LogP contribution in [0.25, 0.3) is 0 Å². The van der Waals surface area contributed by atoms with Crippen molar-refractivity contribution in [1.82, 2.24) is 14.9 Å². The molecule has 0 bridgehead atoms. The molecule has 1 amide bonds. The molecule has 2 aliphatic heterocycles. The lowest BCUT2D eigenvalue weighted by Gasteiger charge is -2.33. The first-order valence-corrected chi connectivity index (χ1v) is 9.23. The average molecular weight is 356 g/mol. The van der Waals surface area contributed by atoms with Crippen LogP contribution in [0, 0.1) is 5.92 Å². The smallest absolute Gasteiger partial charge is 0.254 e. The summed E-state index contributed by atoms with van der Waals surface area (Å²) in [7, 11) is 0. The fourth-order valence-corrected chi connectivity index (χ4v) is 3.79. The van der Waals surface area contributed by atoms with E-state index in [4.69, 9.17) is 9.15 Å². The van der Waals surface area contributed by atoms with Crippen LogP contribution in [0.2, 0.25) is 0 Å². The number of nitrogens with zero attached hydrogens (tertiary/aromatic N) is 3. The number of nitrogens with one attached hydrogen (secondary N) is 1.